The van der Waals surface area contributed by atoms with Gasteiger partial charge in [0.15, 0.2) is 8.38 Å². The fraction of sp³-hybridized carbons (Fsp3) is 0.190. The number of amides is 1. The van der Waals surface area contributed by atoms with Crippen LogP contribution in [0.3, 0.4) is 0 Å². The second kappa shape index (κ2) is 9.73. The number of hydrogen-bond donors (Lipinski definition) is 1. The summed E-state index contributed by atoms with van der Waals surface area (Å²) in [5.74, 6) is -0.829. The molecule has 0 aliphatic carbocycles. The van der Waals surface area contributed by atoms with Crippen molar-refractivity contribution in [2.45, 2.75) is 12.1 Å². The molecule has 156 valence electrons. The molecule has 0 radical (unpaired) electrons. The fourth-order valence-corrected chi connectivity index (χ4v) is 6.20. The van der Waals surface area contributed by atoms with Crippen LogP contribution in [0, 0.1) is 5.82 Å². The number of rotatable bonds is 5. The number of fused-ring (bicyclic) bond motifs is 1. The minimum atomic E-state index is -1.47. The molecule has 0 spiro atoms. The summed E-state index contributed by atoms with van der Waals surface area (Å²) in [4.78, 5) is 13.2. The van der Waals surface area contributed by atoms with E-state index in [9.17, 15) is 9.18 Å². The van der Waals surface area contributed by atoms with Crippen LogP contribution in [0.15, 0.2) is 48.0 Å². The minimum absolute atomic E-state index is 0.0236. The summed E-state index contributed by atoms with van der Waals surface area (Å²) in [6, 6.07) is 10.3. The Labute approximate surface area is 188 Å². The van der Waals surface area contributed by atoms with Gasteiger partial charge in [0.25, 0.3) is 0 Å². The van der Waals surface area contributed by atoms with Gasteiger partial charge in [0.1, 0.15) is 11.5 Å². The summed E-state index contributed by atoms with van der Waals surface area (Å²) in [6.07, 6.45) is 3.66. The van der Waals surface area contributed by atoms with Gasteiger partial charge in [0.05, 0.1) is 18.2 Å². The van der Waals surface area contributed by atoms with Crippen molar-refractivity contribution in [1.82, 2.24) is 5.32 Å². The number of carbonyl (C=O) groups excluding carboxylic acids is 1. The highest BCUT2D eigenvalue weighted by Gasteiger charge is 2.35. The largest absolute Gasteiger partial charge is 0.333 e. The van der Waals surface area contributed by atoms with Gasteiger partial charge in [-0.3, -0.25) is 4.79 Å². The highest BCUT2D eigenvalue weighted by Crippen LogP contribution is 2.56. The van der Waals surface area contributed by atoms with Crippen molar-refractivity contribution in [2.75, 3.05) is 13.2 Å². The van der Waals surface area contributed by atoms with Crippen LogP contribution in [-0.2, 0) is 13.8 Å². The predicted octanol–water partition coefficient (Wildman–Crippen LogP) is 6.92. The predicted molar refractivity (Wildman–Crippen MR) is 122 cm³/mol. The third-order valence-corrected chi connectivity index (χ3v) is 7.83. The third-order valence-electron chi connectivity index (χ3n) is 4.51. The molecule has 2 aromatic carbocycles. The first kappa shape index (κ1) is 21.7. The molecule has 1 aliphatic rings. The molecule has 1 N–H and O–H groups in total. The lowest BCUT2D eigenvalue weighted by Crippen LogP contribution is -2.26. The van der Waals surface area contributed by atoms with E-state index in [1.165, 1.54) is 29.7 Å². The van der Waals surface area contributed by atoms with Crippen molar-refractivity contribution >= 4 is 65.0 Å². The zero-order valence-corrected chi connectivity index (χ0v) is 18.8. The monoisotopic (exact) mass is 483 g/mol. The fourth-order valence-electron chi connectivity index (χ4n) is 3.08. The molecule has 4 nitrogen and oxygen atoms in total. The first-order chi connectivity index (χ1) is 14.5. The zero-order valence-electron chi connectivity index (χ0n) is 15.6. The Morgan fingerprint density at radius 2 is 2.03 bits per heavy atom. The number of thiophene rings is 1. The first-order valence-electron chi connectivity index (χ1n) is 9.17. The maximum absolute atomic E-state index is 14.1. The lowest BCUT2D eigenvalue weighted by atomic mass is 10.1. The molecule has 3 aromatic rings. The van der Waals surface area contributed by atoms with Gasteiger partial charge in [-0.15, -0.1) is 11.3 Å². The van der Waals surface area contributed by atoms with Gasteiger partial charge in [-0.1, -0.05) is 35.3 Å². The molecule has 0 saturated carbocycles. The summed E-state index contributed by atoms with van der Waals surface area (Å²) >= 11 is 13.5. The molecule has 0 bridgehead atoms. The average molecular weight is 484 g/mol. The quantitative estimate of drug-likeness (QED) is 0.400. The second-order valence-electron chi connectivity index (χ2n) is 6.52. The van der Waals surface area contributed by atoms with E-state index in [1.807, 2.05) is 23.6 Å². The van der Waals surface area contributed by atoms with Crippen LogP contribution >= 0.6 is 42.9 Å². The molecule has 1 aromatic heterocycles. The van der Waals surface area contributed by atoms with Crippen molar-refractivity contribution < 1.29 is 18.2 Å². The van der Waals surface area contributed by atoms with Crippen LogP contribution in [0.2, 0.25) is 10.0 Å². The van der Waals surface area contributed by atoms with Crippen LogP contribution in [0.1, 0.15) is 23.2 Å². The summed E-state index contributed by atoms with van der Waals surface area (Å²) in [6.45, 7) is 1.09. The zero-order chi connectivity index (χ0) is 21.1. The topological polar surface area (TPSA) is 47.6 Å². The summed E-state index contributed by atoms with van der Waals surface area (Å²) < 4.78 is 26.7. The van der Waals surface area contributed by atoms with Crippen LogP contribution < -0.4 is 5.32 Å². The maximum Gasteiger partial charge on any atom is 0.240 e. The number of benzene rings is 2. The Kier molecular flexibility index (Phi) is 7.04. The van der Waals surface area contributed by atoms with Gasteiger partial charge < -0.3 is 14.4 Å². The van der Waals surface area contributed by atoms with Gasteiger partial charge in [-0.25, -0.2) is 4.39 Å². The summed E-state index contributed by atoms with van der Waals surface area (Å²) in [5.41, 5.74) is 0.453. The lowest BCUT2D eigenvalue weighted by Gasteiger charge is -2.28. The molecule has 1 saturated heterocycles. The number of halogens is 3. The summed E-state index contributed by atoms with van der Waals surface area (Å²) in [7, 11) is -1.47. The van der Waals surface area contributed by atoms with Crippen molar-refractivity contribution in [2.24, 2.45) is 0 Å². The Hall–Kier alpha value is -1.53. The Morgan fingerprint density at radius 1 is 1.23 bits per heavy atom. The number of hydrogen-bond acceptors (Lipinski definition) is 4. The van der Waals surface area contributed by atoms with Gasteiger partial charge in [-0.2, -0.15) is 0 Å². The highest BCUT2D eigenvalue weighted by molar-refractivity contribution is 7.49. The Bertz CT molecular complexity index is 1100. The van der Waals surface area contributed by atoms with E-state index in [-0.39, 0.29) is 16.5 Å². The molecule has 9 heteroatoms. The third kappa shape index (κ3) is 4.70. The SMILES string of the molecule is O=C(NC=Cc1cccc(Cl)c1F)C(c1csc2ccc(Cl)cc12)P1OCCCO1. The van der Waals surface area contributed by atoms with Crippen molar-refractivity contribution in [1.29, 1.82) is 0 Å². The van der Waals surface area contributed by atoms with Gasteiger partial charge in [0.2, 0.25) is 5.91 Å². The molecule has 1 fully saturated rings. The molecule has 1 atom stereocenters. The van der Waals surface area contributed by atoms with Crippen molar-refractivity contribution in [3.63, 3.8) is 0 Å². The molecular formula is C21H17Cl2FNO3PS. The van der Waals surface area contributed by atoms with Crippen LogP contribution in [-0.4, -0.2) is 19.1 Å². The molecule has 1 unspecified atom stereocenters. The van der Waals surface area contributed by atoms with E-state index < -0.39 is 19.9 Å². The van der Waals surface area contributed by atoms with E-state index in [0.29, 0.717) is 18.2 Å². The van der Waals surface area contributed by atoms with E-state index in [4.69, 9.17) is 32.2 Å². The normalized spacial score (nSPS) is 16.2. The molecule has 2 heterocycles. The highest BCUT2D eigenvalue weighted by atomic mass is 35.5. The van der Waals surface area contributed by atoms with Crippen LogP contribution in [0.4, 0.5) is 4.39 Å². The standard InChI is InChI=1S/C21H17Cl2FNO3PS/c22-14-5-6-18-15(11-14)16(12-30-18)20(29-27-9-2-10-28-29)21(26)25-8-7-13-3-1-4-17(23)19(13)24/h1,3-8,11-12,20H,2,9-10H2,(H,25,26). The van der Waals surface area contributed by atoms with Crippen molar-refractivity contribution in [3.05, 3.63) is 75.0 Å². The smallest absolute Gasteiger partial charge is 0.240 e. The molecule has 4 rings (SSSR count). The Morgan fingerprint density at radius 3 is 2.83 bits per heavy atom. The number of nitrogens with one attached hydrogen (secondary N) is 1. The molecular weight excluding hydrogens is 467 g/mol. The summed E-state index contributed by atoms with van der Waals surface area (Å²) in [5, 5.41) is 6.20. The van der Waals surface area contributed by atoms with Crippen LogP contribution in [0.25, 0.3) is 16.2 Å². The number of carbonyl (C=O) groups is 1. The second-order valence-corrected chi connectivity index (χ2v) is 9.88. The van der Waals surface area contributed by atoms with E-state index in [0.717, 1.165) is 22.1 Å². The minimum Gasteiger partial charge on any atom is -0.333 e. The van der Waals surface area contributed by atoms with Gasteiger partial charge >= 0.3 is 0 Å². The molecule has 30 heavy (non-hydrogen) atoms. The van der Waals surface area contributed by atoms with E-state index in [1.54, 1.807) is 12.1 Å². The first-order valence-corrected chi connectivity index (χ1v) is 12.1. The molecule has 1 amide bonds. The van der Waals surface area contributed by atoms with Crippen molar-refractivity contribution in [3.8, 4) is 0 Å². The molecule has 1 aliphatic heterocycles. The van der Waals surface area contributed by atoms with Crippen LogP contribution in [0.5, 0.6) is 0 Å². The average Bonchev–Trinajstić information content (AvgIpc) is 3.15. The lowest BCUT2D eigenvalue weighted by molar-refractivity contribution is -0.120. The van der Waals surface area contributed by atoms with Gasteiger partial charge in [0, 0.05) is 21.5 Å². The maximum atomic E-state index is 14.1. The van der Waals surface area contributed by atoms with E-state index >= 15 is 0 Å². The van der Waals surface area contributed by atoms with Gasteiger partial charge in [-0.05, 0) is 53.1 Å². The van der Waals surface area contributed by atoms with E-state index in [2.05, 4.69) is 5.32 Å². The Balaban J connectivity index is 1.62.